The summed E-state index contributed by atoms with van der Waals surface area (Å²) in [6, 6.07) is 21.6. The SMILES string of the molecule is N#C[C@H](Cc1ccc(C2CCN(Cc3ccccc3)CC2)cc1)NC(=O)[C@H]1N[C@H]2CC[C@H]1C2. The van der Waals surface area contributed by atoms with Gasteiger partial charge < -0.3 is 10.6 Å². The van der Waals surface area contributed by atoms with Crippen LogP contribution in [-0.4, -0.2) is 42.0 Å². The monoisotopic (exact) mass is 442 g/mol. The molecule has 0 unspecified atom stereocenters. The third kappa shape index (κ3) is 5.29. The topological polar surface area (TPSA) is 68.2 Å². The van der Waals surface area contributed by atoms with Crippen molar-refractivity contribution in [3.05, 3.63) is 71.3 Å². The van der Waals surface area contributed by atoms with Crippen LogP contribution in [0.4, 0.5) is 0 Å². The number of fused-ring (bicyclic) bond motifs is 2. The molecule has 5 rings (SSSR count). The van der Waals surface area contributed by atoms with E-state index in [0.717, 1.165) is 38.0 Å². The maximum absolute atomic E-state index is 12.7. The Balaban J connectivity index is 1.10. The van der Waals surface area contributed by atoms with Gasteiger partial charge in [0.1, 0.15) is 6.04 Å². The van der Waals surface area contributed by atoms with Gasteiger partial charge in [-0.1, -0.05) is 54.6 Å². The molecule has 3 aliphatic rings. The Kier molecular flexibility index (Phi) is 6.75. The van der Waals surface area contributed by atoms with Gasteiger partial charge in [-0.05, 0) is 73.7 Å². The number of hydrogen-bond acceptors (Lipinski definition) is 4. The second-order valence-corrected chi connectivity index (χ2v) is 10.1. The largest absolute Gasteiger partial charge is 0.339 e. The normalized spacial score (nSPS) is 26.1. The number of nitrogens with zero attached hydrogens (tertiary/aromatic N) is 2. The van der Waals surface area contributed by atoms with E-state index < -0.39 is 6.04 Å². The van der Waals surface area contributed by atoms with E-state index in [1.165, 1.54) is 30.4 Å². The van der Waals surface area contributed by atoms with Crippen LogP contribution in [0.15, 0.2) is 54.6 Å². The van der Waals surface area contributed by atoms with Crippen LogP contribution in [0.2, 0.25) is 0 Å². The van der Waals surface area contributed by atoms with Gasteiger partial charge in [-0.15, -0.1) is 0 Å². The van der Waals surface area contributed by atoms with E-state index in [-0.39, 0.29) is 11.9 Å². The van der Waals surface area contributed by atoms with Gasteiger partial charge in [0, 0.05) is 19.0 Å². The predicted octanol–water partition coefficient (Wildman–Crippen LogP) is 3.76. The van der Waals surface area contributed by atoms with Crippen molar-refractivity contribution < 1.29 is 4.79 Å². The average molecular weight is 443 g/mol. The summed E-state index contributed by atoms with van der Waals surface area (Å²) < 4.78 is 0. The standard InChI is InChI=1S/C28H34N4O/c29-18-26(31-28(33)27-24-10-11-25(17-24)30-27)16-20-6-8-22(9-7-20)23-12-14-32(15-13-23)19-21-4-2-1-3-5-21/h1-9,23-27,30H,10-17,19H2,(H,31,33)/t24-,25-,26-,27-/m0/s1. The predicted molar refractivity (Wildman–Crippen MR) is 129 cm³/mol. The zero-order valence-corrected chi connectivity index (χ0v) is 19.2. The second kappa shape index (κ2) is 10.1. The molecule has 2 bridgehead atoms. The summed E-state index contributed by atoms with van der Waals surface area (Å²) >= 11 is 0. The van der Waals surface area contributed by atoms with Crippen LogP contribution in [0.25, 0.3) is 0 Å². The number of carbonyl (C=O) groups excluding carboxylic acids is 1. The number of benzene rings is 2. The zero-order chi connectivity index (χ0) is 22.6. The lowest BCUT2D eigenvalue weighted by Crippen LogP contribution is -2.50. The number of nitriles is 1. The number of rotatable bonds is 7. The third-order valence-electron chi connectivity index (χ3n) is 7.84. The third-order valence-corrected chi connectivity index (χ3v) is 7.84. The van der Waals surface area contributed by atoms with Crippen LogP contribution in [0, 0.1) is 17.2 Å². The van der Waals surface area contributed by atoms with Crippen LogP contribution < -0.4 is 10.6 Å². The van der Waals surface area contributed by atoms with Gasteiger partial charge in [0.25, 0.3) is 0 Å². The van der Waals surface area contributed by atoms with Crippen molar-refractivity contribution in [1.82, 2.24) is 15.5 Å². The molecule has 0 aromatic heterocycles. The molecule has 3 fully saturated rings. The van der Waals surface area contributed by atoms with Crippen molar-refractivity contribution >= 4 is 5.91 Å². The highest BCUT2D eigenvalue weighted by Gasteiger charge is 2.43. The highest BCUT2D eigenvalue weighted by Crippen LogP contribution is 2.35. The molecule has 1 aliphatic carbocycles. The van der Waals surface area contributed by atoms with E-state index >= 15 is 0 Å². The van der Waals surface area contributed by atoms with Crippen LogP contribution in [0.5, 0.6) is 0 Å². The first-order valence-corrected chi connectivity index (χ1v) is 12.5. The summed E-state index contributed by atoms with van der Waals surface area (Å²) in [6.07, 6.45) is 6.31. The minimum atomic E-state index is -0.481. The Morgan fingerprint density at radius 2 is 1.79 bits per heavy atom. The quantitative estimate of drug-likeness (QED) is 0.685. The second-order valence-electron chi connectivity index (χ2n) is 10.1. The highest BCUT2D eigenvalue weighted by atomic mass is 16.2. The highest BCUT2D eigenvalue weighted by molar-refractivity contribution is 5.83. The number of amides is 1. The zero-order valence-electron chi connectivity index (χ0n) is 19.2. The summed E-state index contributed by atoms with van der Waals surface area (Å²) in [4.78, 5) is 15.2. The number of nitrogens with one attached hydrogen (secondary N) is 2. The van der Waals surface area contributed by atoms with Gasteiger partial charge in [-0.3, -0.25) is 9.69 Å². The lowest BCUT2D eigenvalue weighted by molar-refractivity contribution is -0.124. The van der Waals surface area contributed by atoms with Crippen molar-refractivity contribution in [2.45, 2.75) is 69.1 Å². The summed E-state index contributed by atoms with van der Waals surface area (Å²) in [5.41, 5.74) is 3.88. The molecule has 2 heterocycles. The van der Waals surface area contributed by atoms with Crippen molar-refractivity contribution in [2.24, 2.45) is 5.92 Å². The summed E-state index contributed by atoms with van der Waals surface area (Å²) in [7, 11) is 0. The Hall–Kier alpha value is -2.68. The van der Waals surface area contributed by atoms with Gasteiger partial charge in [-0.25, -0.2) is 0 Å². The van der Waals surface area contributed by atoms with Crippen molar-refractivity contribution in [3.8, 4) is 6.07 Å². The van der Waals surface area contributed by atoms with Gasteiger partial charge in [0.2, 0.25) is 5.91 Å². The fourth-order valence-corrected chi connectivity index (χ4v) is 5.97. The Bertz CT molecular complexity index is 975. The van der Waals surface area contributed by atoms with Gasteiger partial charge in [0.15, 0.2) is 0 Å². The Morgan fingerprint density at radius 1 is 1.03 bits per heavy atom. The number of hydrogen-bond donors (Lipinski definition) is 2. The van der Waals surface area contributed by atoms with Crippen LogP contribution in [-0.2, 0) is 17.8 Å². The number of likely N-dealkylation sites (tertiary alicyclic amines) is 1. The minimum absolute atomic E-state index is 0.00682. The molecule has 2 aromatic rings. The summed E-state index contributed by atoms with van der Waals surface area (Å²) in [5, 5.41) is 16.0. The maximum Gasteiger partial charge on any atom is 0.238 e. The summed E-state index contributed by atoms with van der Waals surface area (Å²) in [6.45, 7) is 3.29. The van der Waals surface area contributed by atoms with Gasteiger partial charge in [0.05, 0.1) is 12.1 Å². The van der Waals surface area contributed by atoms with E-state index in [2.05, 4.69) is 76.2 Å². The lowest BCUT2D eigenvalue weighted by atomic mass is 9.88. The minimum Gasteiger partial charge on any atom is -0.339 e. The van der Waals surface area contributed by atoms with Gasteiger partial charge >= 0.3 is 0 Å². The molecular formula is C28H34N4O. The van der Waals surface area contributed by atoms with Crippen LogP contribution >= 0.6 is 0 Å². The van der Waals surface area contributed by atoms with Gasteiger partial charge in [-0.2, -0.15) is 5.26 Å². The maximum atomic E-state index is 12.7. The first-order chi connectivity index (χ1) is 16.2. The van der Waals surface area contributed by atoms with E-state index in [4.69, 9.17) is 0 Å². The molecule has 2 aromatic carbocycles. The molecule has 5 nitrogen and oxygen atoms in total. The number of carbonyl (C=O) groups is 1. The smallest absolute Gasteiger partial charge is 0.238 e. The molecule has 0 spiro atoms. The molecular weight excluding hydrogens is 408 g/mol. The Labute approximate surface area is 197 Å². The average Bonchev–Trinajstić information content (AvgIpc) is 3.49. The lowest BCUT2D eigenvalue weighted by Gasteiger charge is -2.32. The van der Waals surface area contributed by atoms with Crippen molar-refractivity contribution in [3.63, 3.8) is 0 Å². The van der Waals surface area contributed by atoms with Crippen LogP contribution in [0.1, 0.15) is 54.7 Å². The molecule has 172 valence electrons. The molecule has 2 saturated heterocycles. The molecule has 5 heteroatoms. The molecule has 0 radical (unpaired) electrons. The molecule has 2 aliphatic heterocycles. The molecule has 1 amide bonds. The van der Waals surface area contributed by atoms with E-state index in [9.17, 15) is 10.1 Å². The van der Waals surface area contributed by atoms with Crippen molar-refractivity contribution in [2.75, 3.05) is 13.1 Å². The van der Waals surface area contributed by atoms with E-state index in [0.29, 0.717) is 24.3 Å². The first-order valence-electron chi connectivity index (χ1n) is 12.5. The van der Waals surface area contributed by atoms with E-state index in [1.807, 2.05) is 0 Å². The Morgan fingerprint density at radius 3 is 2.42 bits per heavy atom. The summed E-state index contributed by atoms with van der Waals surface area (Å²) in [5.74, 6) is 1.03. The van der Waals surface area contributed by atoms with Crippen LogP contribution in [0.3, 0.4) is 0 Å². The first kappa shape index (κ1) is 22.1. The fourth-order valence-electron chi connectivity index (χ4n) is 5.97. The molecule has 33 heavy (non-hydrogen) atoms. The fraction of sp³-hybridized carbons (Fsp3) is 0.500. The van der Waals surface area contributed by atoms with Crippen molar-refractivity contribution in [1.29, 1.82) is 5.26 Å². The molecule has 1 saturated carbocycles. The number of piperidine rings is 2. The molecule has 2 N–H and O–H groups in total. The molecule has 4 atom stereocenters. The van der Waals surface area contributed by atoms with E-state index in [1.54, 1.807) is 0 Å².